The van der Waals surface area contributed by atoms with Gasteiger partial charge in [-0.1, -0.05) is 6.08 Å². The number of hydrogen-bond donors (Lipinski definition) is 0. The lowest BCUT2D eigenvalue weighted by atomic mass is 10.3. The Morgan fingerprint density at radius 2 is 2.00 bits per heavy atom. The first-order valence-corrected chi connectivity index (χ1v) is 3.52. The summed E-state index contributed by atoms with van der Waals surface area (Å²) in [5.74, 6) is 0.875. The highest BCUT2D eigenvalue weighted by molar-refractivity contribution is 5.71. The number of rotatable bonds is 4. The van der Waals surface area contributed by atoms with E-state index in [9.17, 15) is 9.59 Å². The van der Waals surface area contributed by atoms with Crippen molar-refractivity contribution in [1.29, 1.82) is 0 Å². The summed E-state index contributed by atoms with van der Waals surface area (Å²) in [7, 11) is 0. The zero-order valence-electron chi connectivity index (χ0n) is 6.40. The summed E-state index contributed by atoms with van der Waals surface area (Å²) in [5.41, 5.74) is 0. The second-order valence-electron chi connectivity index (χ2n) is 2.16. The molecule has 1 heterocycles. The van der Waals surface area contributed by atoms with Gasteiger partial charge in [-0.25, -0.2) is 0 Å². The molecular formula is C9H8O3. The first-order chi connectivity index (χ1) is 5.86. The van der Waals surface area contributed by atoms with Crippen LogP contribution in [0.4, 0.5) is 0 Å². The van der Waals surface area contributed by atoms with Gasteiger partial charge in [-0.05, 0) is 18.2 Å². The topological polar surface area (TPSA) is 47.3 Å². The average molecular weight is 164 g/mol. The lowest BCUT2D eigenvalue weighted by Gasteiger charge is -1.81. The largest absolute Gasteiger partial charge is 0.454 e. The van der Waals surface area contributed by atoms with Crippen LogP contribution in [0.2, 0.25) is 0 Å². The number of furan rings is 1. The molecule has 1 rings (SSSR count). The van der Waals surface area contributed by atoms with Crippen LogP contribution in [0.15, 0.2) is 22.6 Å². The molecule has 3 heteroatoms. The fourth-order valence-corrected chi connectivity index (χ4v) is 0.761. The molecule has 0 spiro atoms. The van der Waals surface area contributed by atoms with E-state index in [1.54, 1.807) is 24.3 Å². The standard InChI is InChI=1S/C9H8O3/c10-6-2-1-3-8-4-5-9(7-11)12-8/h1,3-7H,2H2. The summed E-state index contributed by atoms with van der Waals surface area (Å²) in [4.78, 5) is 20.1. The third-order valence-electron chi connectivity index (χ3n) is 1.28. The minimum atomic E-state index is 0.292. The maximum atomic E-state index is 10.2. The van der Waals surface area contributed by atoms with Crippen LogP contribution in [0.3, 0.4) is 0 Å². The summed E-state index contributed by atoms with van der Waals surface area (Å²) in [6.45, 7) is 0. The maximum Gasteiger partial charge on any atom is 0.185 e. The zero-order valence-corrected chi connectivity index (χ0v) is 6.40. The van der Waals surface area contributed by atoms with Crippen molar-refractivity contribution < 1.29 is 14.0 Å². The molecule has 0 N–H and O–H groups in total. The van der Waals surface area contributed by atoms with Gasteiger partial charge < -0.3 is 9.21 Å². The molecule has 0 fully saturated rings. The highest BCUT2D eigenvalue weighted by Crippen LogP contribution is 2.07. The second-order valence-corrected chi connectivity index (χ2v) is 2.16. The quantitative estimate of drug-likeness (QED) is 0.636. The molecule has 62 valence electrons. The molecule has 0 unspecified atom stereocenters. The van der Waals surface area contributed by atoms with Crippen LogP contribution >= 0.6 is 0 Å². The Morgan fingerprint density at radius 3 is 2.58 bits per heavy atom. The van der Waals surface area contributed by atoms with Crippen LogP contribution in [0, 0.1) is 0 Å². The number of allylic oxidation sites excluding steroid dienone is 1. The number of aldehydes is 2. The van der Waals surface area contributed by atoms with E-state index in [2.05, 4.69) is 0 Å². The predicted molar refractivity (Wildman–Crippen MR) is 43.8 cm³/mol. The molecule has 12 heavy (non-hydrogen) atoms. The smallest absolute Gasteiger partial charge is 0.185 e. The van der Waals surface area contributed by atoms with Gasteiger partial charge in [0.1, 0.15) is 12.0 Å². The summed E-state index contributed by atoms with van der Waals surface area (Å²) in [5, 5.41) is 0. The SMILES string of the molecule is O=CCC=Cc1ccc(C=O)o1. The number of carbonyl (C=O) groups excluding carboxylic acids is 2. The fraction of sp³-hybridized carbons (Fsp3) is 0.111. The van der Waals surface area contributed by atoms with E-state index in [0.29, 0.717) is 24.2 Å². The van der Waals surface area contributed by atoms with Crippen LogP contribution in [0.1, 0.15) is 22.7 Å². The molecule has 3 nitrogen and oxygen atoms in total. The van der Waals surface area contributed by atoms with E-state index in [-0.39, 0.29) is 0 Å². The number of carbonyl (C=O) groups is 2. The van der Waals surface area contributed by atoms with Crippen molar-refractivity contribution in [2.45, 2.75) is 6.42 Å². The van der Waals surface area contributed by atoms with Crippen molar-refractivity contribution in [3.63, 3.8) is 0 Å². The van der Waals surface area contributed by atoms with Gasteiger partial charge in [0, 0.05) is 6.42 Å². The van der Waals surface area contributed by atoms with Crippen LogP contribution in [0.25, 0.3) is 6.08 Å². The molecule has 0 aromatic carbocycles. The van der Waals surface area contributed by atoms with Gasteiger partial charge >= 0.3 is 0 Å². The summed E-state index contributed by atoms with van der Waals surface area (Å²) in [6.07, 6.45) is 5.11. The molecule has 1 aromatic rings. The second kappa shape index (κ2) is 4.28. The van der Waals surface area contributed by atoms with Crippen LogP contribution < -0.4 is 0 Å². The van der Waals surface area contributed by atoms with Crippen LogP contribution in [-0.4, -0.2) is 12.6 Å². The van der Waals surface area contributed by atoms with Gasteiger partial charge in [0.15, 0.2) is 12.0 Å². The maximum absolute atomic E-state index is 10.2. The Bertz CT molecular complexity index is 296. The van der Waals surface area contributed by atoms with Crippen LogP contribution in [0.5, 0.6) is 0 Å². The number of hydrogen-bond acceptors (Lipinski definition) is 3. The minimum absolute atomic E-state index is 0.292. The van der Waals surface area contributed by atoms with E-state index in [1.807, 2.05) is 0 Å². The van der Waals surface area contributed by atoms with Gasteiger partial charge in [-0.3, -0.25) is 4.79 Å². The lowest BCUT2D eigenvalue weighted by molar-refractivity contribution is -0.107. The highest BCUT2D eigenvalue weighted by atomic mass is 16.3. The monoisotopic (exact) mass is 164 g/mol. The van der Waals surface area contributed by atoms with Crippen molar-refractivity contribution >= 4 is 18.6 Å². The van der Waals surface area contributed by atoms with E-state index in [0.717, 1.165) is 6.29 Å². The zero-order chi connectivity index (χ0) is 8.81. The van der Waals surface area contributed by atoms with E-state index < -0.39 is 0 Å². The molecule has 0 atom stereocenters. The molecule has 0 bridgehead atoms. The van der Waals surface area contributed by atoms with Crippen molar-refractivity contribution in [3.8, 4) is 0 Å². The van der Waals surface area contributed by atoms with Crippen molar-refractivity contribution in [3.05, 3.63) is 29.7 Å². The summed E-state index contributed by atoms with van der Waals surface area (Å²) in [6, 6.07) is 3.25. The minimum Gasteiger partial charge on any atom is -0.454 e. The third kappa shape index (κ3) is 2.20. The van der Waals surface area contributed by atoms with Crippen molar-refractivity contribution in [1.82, 2.24) is 0 Å². The van der Waals surface area contributed by atoms with Gasteiger partial charge in [0.05, 0.1) is 0 Å². The Hall–Kier alpha value is -1.64. The predicted octanol–water partition coefficient (Wildman–Crippen LogP) is 1.69. The molecule has 0 amide bonds. The van der Waals surface area contributed by atoms with Gasteiger partial charge in [-0.15, -0.1) is 0 Å². The Kier molecular flexibility index (Phi) is 3.02. The van der Waals surface area contributed by atoms with Crippen molar-refractivity contribution in [2.24, 2.45) is 0 Å². The van der Waals surface area contributed by atoms with Crippen LogP contribution in [-0.2, 0) is 4.79 Å². The molecule has 0 aliphatic heterocycles. The van der Waals surface area contributed by atoms with E-state index in [1.165, 1.54) is 0 Å². The lowest BCUT2D eigenvalue weighted by Crippen LogP contribution is -1.68. The third-order valence-corrected chi connectivity index (χ3v) is 1.28. The molecule has 0 saturated carbocycles. The Balaban J connectivity index is 2.63. The normalized spacial score (nSPS) is 10.3. The molecule has 1 aromatic heterocycles. The van der Waals surface area contributed by atoms with Gasteiger partial charge in [0.25, 0.3) is 0 Å². The van der Waals surface area contributed by atoms with E-state index in [4.69, 9.17) is 4.42 Å². The Morgan fingerprint density at radius 1 is 1.25 bits per heavy atom. The first-order valence-electron chi connectivity index (χ1n) is 3.52. The molecule has 0 saturated heterocycles. The van der Waals surface area contributed by atoms with E-state index >= 15 is 0 Å². The molecular weight excluding hydrogens is 156 g/mol. The molecule has 0 aliphatic carbocycles. The fourth-order valence-electron chi connectivity index (χ4n) is 0.761. The average Bonchev–Trinajstić information content (AvgIpc) is 2.53. The Labute approximate surface area is 69.7 Å². The summed E-state index contributed by atoms with van der Waals surface area (Å²) < 4.78 is 5.01. The van der Waals surface area contributed by atoms with Gasteiger partial charge in [-0.2, -0.15) is 0 Å². The van der Waals surface area contributed by atoms with Crippen molar-refractivity contribution in [2.75, 3.05) is 0 Å². The molecule has 0 radical (unpaired) electrons. The molecule has 0 aliphatic rings. The first kappa shape index (κ1) is 8.46. The van der Waals surface area contributed by atoms with Gasteiger partial charge in [0.2, 0.25) is 0 Å². The summed E-state index contributed by atoms with van der Waals surface area (Å²) >= 11 is 0. The highest BCUT2D eigenvalue weighted by Gasteiger charge is 1.94.